The van der Waals surface area contributed by atoms with Crippen LogP contribution in [0.25, 0.3) is 0 Å². The molecule has 0 amide bonds. The van der Waals surface area contributed by atoms with Crippen molar-refractivity contribution in [2.75, 3.05) is 0 Å². The van der Waals surface area contributed by atoms with Crippen LogP contribution in [-0.4, -0.2) is 0 Å². The van der Waals surface area contributed by atoms with Crippen molar-refractivity contribution in [1.29, 1.82) is 0 Å². The van der Waals surface area contributed by atoms with Gasteiger partial charge in [0.25, 0.3) is 0 Å². The lowest BCUT2D eigenvalue weighted by Gasteiger charge is -2.07. The normalized spacial score (nSPS) is 10.1. The van der Waals surface area contributed by atoms with Crippen molar-refractivity contribution >= 4 is 15.9 Å². The summed E-state index contributed by atoms with van der Waals surface area (Å²) in [6, 6.07) is 15.5. The van der Waals surface area contributed by atoms with Crippen LogP contribution in [0.2, 0.25) is 0 Å². The topological polar surface area (TPSA) is 9.23 Å². The van der Waals surface area contributed by atoms with Crippen molar-refractivity contribution < 1.29 is 9.13 Å². The molecule has 0 aromatic heterocycles. The molecule has 0 heterocycles. The first kappa shape index (κ1) is 11.1. The molecular weight excluding hydrogens is 271 g/mol. The van der Waals surface area contributed by atoms with Gasteiger partial charge in [0, 0.05) is 6.07 Å². The fourth-order valence-electron chi connectivity index (χ4n) is 1.28. The van der Waals surface area contributed by atoms with E-state index in [4.69, 9.17) is 4.74 Å². The molecule has 0 spiro atoms. The lowest BCUT2D eigenvalue weighted by Crippen LogP contribution is -1.97. The van der Waals surface area contributed by atoms with E-state index >= 15 is 0 Å². The van der Waals surface area contributed by atoms with Crippen LogP contribution < -0.4 is 4.74 Å². The average Bonchev–Trinajstić information content (AvgIpc) is 2.32. The standard InChI is InChI=1S/C13H9BrFO/c14-11-7-4-8-12(13(11)15)16-9-10-5-2-1-3-6-10/h1-6,8H,9H2. The lowest BCUT2D eigenvalue weighted by molar-refractivity contribution is 0.289. The summed E-state index contributed by atoms with van der Waals surface area (Å²) in [5, 5.41) is 0. The van der Waals surface area contributed by atoms with Crippen LogP contribution in [0.3, 0.4) is 0 Å². The molecule has 81 valence electrons. The molecule has 0 aliphatic carbocycles. The molecule has 1 radical (unpaired) electrons. The highest BCUT2D eigenvalue weighted by atomic mass is 79.9. The van der Waals surface area contributed by atoms with E-state index in [0.29, 0.717) is 6.61 Å². The van der Waals surface area contributed by atoms with Crippen LogP contribution in [-0.2, 0) is 6.61 Å². The Hall–Kier alpha value is -1.35. The highest BCUT2D eigenvalue weighted by molar-refractivity contribution is 9.10. The van der Waals surface area contributed by atoms with Gasteiger partial charge in [-0.3, -0.25) is 0 Å². The van der Waals surface area contributed by atoms with Crippen LogP contribution in [0.5, 0.6) is 5.75 Å². The summed E-state index contributed by atoms with van der Waals surface area (Å²) in [6.07, 6.45) is 0. The zero-order valence-corrected chi connectivity index (χ0v) is 10.00. The zero-order chi connectivity index (χ0) is 11.4. The quantitative estimate of drug-likeness (QED) is 0.826. The Bertz CT molecular complexity index is 471. The second-order valence-corrected chi connectivity index (χ2v) is 4.04. The maximum absolute atomic E-state index is 13.5. The Morgan fingerprint density at radius 3 is 2.69 bits per heavy atom. The molecule has 0 atom stereocenters. The number of hydrogen-bond acceptors (Lipinski definition) is 1. The van der Waals surface area contributed by atoms with Gasteiger partial charge in [-0.1, -0.05) is 30.3 Å². The predicted molar refractivity (Wildman–Crippen MR) is 63.7 cm³/mol. The second kappa shape index (κ2) is 5.12. The van der Waals surface area contributed by atoms with E-state index in [2.05, 4.69) is 22.0 Å². The minimum absolute atomic E-state index is 0.231. The Morgan fingerprint density at radius 2 is 1.94 bits per heavy atom. The molecule has 0 aliphatic heterocycles. The van der Waals surface area contributed by atoms with Crippen LogP contribution in [0, 0.1) is 11.9 Å². The average molecular weight is 280 g/mol. The summed E-state index contributed by atoms with van der Waals surface area (Å²) >= 11 is 3.06. The van der Waals surface area contributed by atoms with Gasteiger partial charge < -0.3 is 4.74 Å². The molecule has 16 heavy (non-hydrogen) atoms. The first-order chi connectivity index (χ1) is 7.77. The van der Waals surface area contributed by atoms with Gasteiger partial charge in [-0.2, -0.15) is 0 Å². The molecular formula is C13H9BrFO. The molecule has 0 saturated heterocycles. The molecule has 0 aliphatic rings. The van der Waals surface area contributed by atoms with Gasteiger partial charge in [0.2, 0.25) is 0 Å². The van der Waals surface area contributed by atoms with E-state index in [-0.39, 0.29) is 10.2 Å². The third-order valence-corrected chi connectivity index (χ3v) is 2.67. The maximum Gasteiger partial charge on any atom is 0.179 e. The molecule has 0 bridgehead atoms. The first-order valence-corrected chi connectivity index (χ1v) is 5.59. The van der Waals surface area contributed by atoms with Crippen molar-refractivity contribution in [3.8, 4) is 5.75 Å². The van der Waals surface area contributed by atoms with E-state index < -0.39 is 5.82 Å². The molecule has 3 heteroatoms. The Labute approximate surface area is 102 Å². The SMILES string of the molecule is Fc1c(Br)[c]ccc1OCc1ccccc1. The molecule has 1 nitrogen and oxygen atoms in total. The fourth-order valence-corrected chi connectivity index (χ4v) is 1.61. The Balaban J connectivity index is 2.08. The third kappa shape index (κ3) is 2.61. The molecule has 0 fully saturated rings. The highest BCUT2D eigenvalue weighted by Gasteiger charge is 2.06. The molecule has 0 unspecified atom stereocenters. The minimum atomic E-state index is -0.418. The smallest absolute Gasteiger partial charge is 0.179 e. The van der Waals surface area contributed by atoms with E-state index in [1.807, 2.05) is 30.3 Å². The van der Waals surface area contributed by atoms with Crippen LogP contribution in [0.4, 0.5) is 4.39 Å². The summed E-state index contributed by atoms with van der Waals surface area (Å²) in [4.78, 5) is 0. The van der Waals surface area contributed by atoms with Crippen molar-refractivity contribution in [3.63, 3.8) is 0 Å². The summed E-state index contributed by atoms with van der Waals surface area (Å²) in [6.45, 7) is 0.355. The van der Waals surface area contributed by atoms with Gasteiger partial charge in [0.1, 0.15) is 6.61 Å². The largest absolute Gasteiger partial charge is 0.486 e. The van der Waals surface area contributed by atoms with Crippen LogP contribution in [0.1, 0.15) is 5.56 Å². The van der Waals surface area contributed by atoms with E-state index in [1.54, 1.807) is 12.1 Å². The van der Waals surface area contributed by atoms with Gasteiger partial charge in [-0.15, -0.1) is 0 Å². The number of benzene rings is 2. The molecule has 2 rings (SSSR count). The maximum atomic E-state index is 13.5. The number of ether oxygens (including phenoxy) is 1. The second-order valence-electron chi connectivity index (χ2n) is 3.24. The van der Waals surface area contributed by atoms with Crippen LogP contribution >= 0.6 is 15.9 Å². The van der Waals surface area contributed by atoms with Crippen molar-refractivity contribution in [2.24, 2.45) is 0 Å². The van der Waals surface area contributed by atoms with E-state index in [1.165, 1.54) is 0 Å². The summed E-state index contributed by atoms with van der Waals surface area (Å²) in [5.41, 5.74) is 1.01. The summed E-state index contributed by atoms with van der Waals surface area (Å²) in [7, 11) is 0. The Kier molecular flexibility index (Phi) is 3.57. The van der Waals surface area contributed by atoms with Gasteiger partial charge in [-0.25, -0.2) is 4.39 Å². The van der Waals surface area contributed by atoms with Crippen molar-refractivity contribution in [2.45, 2.75) is 6.61 Å². The zero-order valence-electron chi connectivity index (χ0n) is 8.41. The van der Waals surface area contributed by atoms with E-state index in [0.717, 1.165) is 5.56 Å². The summed E-state index contributed by atoms with van der Waals surface area (Å²) < 4.78 is 19.2. The van der Waals surface area contributed by atoms with Gasteiger partial charge in [0.05, 0.1) is 4.47 Å². The van der Waals surface area contributed by atoms with Gasteiger partial charge >= 0.3 is 0 Å². The summed E-state index contributed by atoms with van der Waals surface area (Å²) in [5.74, 6) is -0.187. The molecule has 2 aromatic carbocycles. The predicted octanol–water partition coefficient (Wildman–Crippen LogP) is 3.97. The van der Waals surface area contributed by atoms with Gasteiger partial charge in [-0.05, 0) is 33.6 Å². The van der Waals surface area contributed by atoms with Crippen molar-refractivity contribution in [3.05, 3.63) is 64.4 Å². The monoisotopic (exact) mass is 279 g/mol. The van der Waals surface area contributed by atoms with Crippen molar-refractivity contribution in [1.82, 2.24) is 0 Å². The lowest BCUT2D eigenvalue weighted by atomic mass is 10.2. The highest BCUT2D eigenvalue weighted by Crippen LogP contribution is 2.24. The minimum Gasteiger partial charge on any atom is -0.486 e. The molecule has 0 saturated carbocycles. The number of halogens is 2. The first-order valence-electron chi connectivity index (χ1n) is 4.80. The third-order valence-electron chi connectivity index (χ3n) is 2.09. The van der Waals surface area contributed by atoms with Crippen LogP contribution in [0.15, 0.2) is 46.9 Å². The Morgan fingerprint density at radius 1 is 1.19 bits per heavy atom. The van der Waals surface area contributed by atoms with E-state index in [9.17, 15) is 4.39 Å². The molecule has 0 N–H and O–H groups in total. The number of hydrogen-bond donors (Lipinski definition) is 0. The molecule has 2 aromatic rings. The van der Waals surface area contributed by atoms with Gasteiger partial charge in [0.15, 0.2) is 11.6 Å². The number of rotatable bonds is 3. The fraction of sp³-hybridized carbons (Fsp3) is 0.0769.